The second-order valence-corrected chi connectivity index (χ2v) is 11.2. The molecule has 7 nitrogen and oxygen atoms in total. The summed E-state index contributed by atoms with van der Waals surface area (Å²) in [5.74, 6) is -2.00. The van der Waals surface area contributed by atoms with Gasteiger partial charge in [0.25, 0.3) is 0 Å². The van der Waals surface area contributed by atoms with E-state index in [2.05, 4.69) is 23.8 Å². The molecule has 0 aliphatic carbocycles. The summed E-state index contributed by atoms with van der Waals surface area (Å²) in [6, 6.07) is 28.3. The maximum atomic E-state index is 13.6. The number of rotatable bonds is 20. The molecule has 45 heavy (non-hydrogen) atoms. The molecule has 0 fully saturated rings. The van der Waals surface area contributed by atoms with Crippen LogP contribution in [0.25, 0.3) is 0 Å². The fourth-order valence-electron chi connectivity index (χ4n) is 5.23. The normalized spacial score (nSPS) is 13.4. The quantitative estimate of drug-likeness (QED) is 0.0839. The van der Waals surface area contributed by atoms with E-state index in [4.69, 9.17) is 4.74 Å². The third-order valence-corrected chi connectivity index (χ3v) is 7.67. The molecular weight excluding hydrogens is 564 g/mol. The first kappa shape index (κ1) is 35.0. The fraction of sp³-hybridized carbons (Fsp3) is 0.342. The third-order valence-electron chi connectivity index (χ3n) is 7.67. The number of hydrogen-bond donors (Lipinski definition) is 3. The Hall–Kier alpha value is -4.49. The van der Waals surface area contributed by atoms with Crippen LogP contribution in [0, 0.1) is 11.8 Å². The summed E-state index contributed by atoms with van der Waals surface area (Å²) in [7, 11) is 0. The van der Waals surface area contributed by atoms with Crippen LogP contribution in [0.15, 0.2) is 116 Å². The minimum atomic E-state index is -0.705. The van der Waals surface area contributed by atoms with Crippen molar-refractivity contribution in [3.8, 4) is 0 Å². The van der Waals surface area contributed by atoms with Crippen LogP contribution in [0.3, 0.4) is 0 Å². The van der Waals surface area contributed by atoms with Gasteiger partial charge in [-0.25, -0.2) is 0 Å². The van der Waals surface area contributed by atoms with Crippen LogP contribution in [0.1, 0.15) is 54.9 Å². The van der Waals surface area contributed by atoms with Crippen molar-refractivity contribution in [1.82, 2.24) is 10.6 Å². The molecule has 7 heteroatoms. The van der Waals surface area contributed by atoms with Crippen LogP contribution in [-0.4, -0.2) is 42.1 Å². The van der Waals surface area contributed by atoms with Gasteiger partial charge >= 0.3 is 5.97 Å². The van der Waals surface area contributed by atoms with E-state index in [0.717, 1.165) is 29.5 Å². The first-order chi connectivity index (χ1) is 21.9. The molecule has 3 aromatic rings. The predicted molar refractivity (Wildman–Crippen MR) is 178 cm³/mol. The lowest BCUT2D eigenvalue weighted by Crippen LogP contribution is -2.42. The number of nitrogens with one attached hydrogen (secondary N) is 2. The lowest BCUT2D eigenvalue weighted by molar-refractivity contribution is -0.155. The Bertz CT molecular complexity index is 1330. The number of allylic oxidation sites excluding steroid dienone is 2. The molecule has 0 aromatic heterocycles. The van der Waals surface area contributed by atoms with E-state index in [9.17, 15) is 19.5 Å². The molecule has 0 aliphatic heterocycles. The number of ether oxygens (including phenoxy) is 1. The topological polar surface area (TPSA) is 105 Å². The summed E-state index contributed by atoms with van der Waals surface area (Å²) in [6.45, 7) is 7.40. The summed E-state index contributed by atoms with van der Waals surface area (Å²) in [5.41, 5.74) is 2.81. The summed E-state index contributed by atoms with van der Waals surface area (Å²) < 4.78 is 6.09. The van der Waals surface area contributed by atoms with E-state index in [1.165, 1.54) is 0 Å². The molecule has 0 saturated heterocycles. The van der Waals surface area contributed by atoms with Crippen molar-refractivity contribution in [1.29, 1.82) is 0 Å². The average molecular weight is 611 g/mol. The van der Waals surface area contributed by atoms with Crippen LogP contribution < -0.4 is 10.6 Å². The van der Waals surface area contributed by atoms with Crippen LogP contribution in [0.2, 0.25) is 0 Å². The number of benzene rings is 3. The van der Waals surface area contributed by atoms with Crippen molar-refractivity contribution in [3.05, 3.63) is 133 Å². The van der Waals surface area contributed by atoms with Gasteiger partial charge in [0.15, 0.2) is 0 Å². The molecule has 0 spiro atoms. The monoisotopic (exact) mass is 610 g/mol. The van der Waals surface area contributed by atoms with E-state index in [0.29, 0.717) is 25.7 Å². The SMILES string of the molecule is C=CCCC[C@H](Cc1ccccc1)C(=O)O[C@@H](CNC(=O)[C@@H](CC=C)CC(=O)N[C@@H](CO)Cc1ccccc1)c1ccccc1. The van der Waals surface area contributed by atoms with Gasteiger partial charge in [-0.05, 0) is 55.2 Å². The van der Waals surface area contributed by atoms with Gasteiger partial charge in [-0.15, -0.1) is 13.2 Å². The van der Waals surface area contributed by atoms with Crippen molar-refractivity contribution < 1.29 is 24.2 Å². The standard InChI is InChI=1S/C38H46N2O5/c1-3-5-9-23-33(24-29-17-10-6-11-18-29)38(44)45-35(31-21-14-8-15-22-31)27-39-37(43)32(16-4-2)26-36(42)40-34(28-41)25-30-19-12-7-13-20-30/h3-4,6-8,10-15,17-22,32-35,41H,1-2,5,9,16,23-28H2,(H,39,43)(H,40,42)/t32-,33+,34+,35-/m0/s1. The third kappa shape index (κ3) is 12.6. The van der Waals surface area contributed by atoms with Gasteiger partial charge in [-0.2, -0.15) is 0 Å². The van der Waals surface area contributed by atoms with Crippen LogP contribution in [0.4, 0.5) is 0 Å². The number of unbranched alkanes of at least 4 members (excludes halogenated alkanes) is 1. The molecule has 0 aliphatic rings. The molecule has 4 atom stereocenters. The highest BCUT2D eigenvalue weighted by atomic mass is 16.5. The maximum absolute atomic E-state index is 13.6. The number of carbonyl (C=O) groups excluding carboxylic acids is 3. The Kier molecular flexibility index (Phi) is 15.3. The zero-order chi connectivity index (χ0) is 32.3. The summed E-state index contributed by atoms with van der Waals surface area (Å²) in [4.78, 5) is 39.8. The molecule has 3 N–H and O–H groups in total. The average Bonchev–Trinajstić information content (AvgIpc) is 3.06. The number of esters is 1. The number of hydrogen-bond acceptors (Lipinski definition) is 5. The summed E-state index contributed by atoms with van der Waals surface area (Å²) in [5, 5.41) is 15.6. The minimum Gasteiger partial charge on any atom is -0.455 e. The van der Waals surface area contributed by atoms with Crippen LogP contribution >= 0.6 is 0 Å². The van der Waals surface area contributed by atoms with E-state index in [-0.39, 0.29) is 43.3 Å². The van der Waals surface area contributed by atoms with Crippen molar-refractivity contribution in [3.63, 3.8) is 0 Å². The Labute approximate surface area is 267 Å². The van der Waals surface area contributed by atoms with Gasteiger partial charge in [-0.1, -0.05) is 103 Å². The Balaban J connectivity index is 1.66. The highest BCUT2D eigenvalue weighted by molar-refractivity contribution is 5.86. The summed E-state index contributed by atoms with van der Waals surface area (Å²) in [6.07, 6.45) is 6.28. The molecule has 0 heterocycles. The lowest BCUT2D eigenvalue weighted by atomic mass is 9.94. The number of aliphatic hydroxyl groups is 1. The summed E-state index contributed by atoms with van der Waals surface area (Å²) >= 11 is 0. The second kappa shape index (κ2) is 19.7. The molecule has 0 bridgehead atoms. The number of amides is 2. The Morgan fingerprint density at radius 3 is 1.98 bits per heavy atom. The molecule has 0 radical (unpaired) electrons. The smallest absolute Gasteiger partial charge is 0.309 e. The molecule has 3 rings (SSSR count). The van der Waals surface area contributed by atoms with Crippen LogP contribution in [0.5, 0.6) is 0 Å². The van der Waals surface area contributed by atoms with Gasteiger partial charge in [0, 0.05) is 6.42 Å². The van der Waals surface area contributed by atoms with Gasteiger partial charge in [-0.3, -0.25) is 14.4 Å². The zero-order valence-corrected chi connectivity index (χ0v) is 26.0. The molecular formula is C38H46N2O5. The highest BCUT2D eigenvalue weighted by Crippen LogP contribution is 2.23. The number of aliphatic hydroxyl groups excluding tert-OH is 1. The largest absolute Gasteiger partial charge is 0.455 e. The van der Waals surface area contributed by atoms with Crippen molar-refractivity contribution in [2.45, 2.75) is 57.1 Å². The predicted octanol–water partition coefficient (Wildman–Crippen LogP) is 5.90. The lowest BCUT2D eigenvalue weighted by Gasteiger charge is -2.24. The van der Waals surface area contributed by atoms with Gasteiger partial charge in [0.05, 0.1) is 31.0 Å². The molecule has 0 saturated carbocycles. The highest BCUT2D eigenvalue weighted by Gasteiger charge is 2.27. The first-order valence-electron chi connectivity index (χ1n) is 15.7. The van der Waals surface area contributed by atoms with Gasteiger partial charge < -0.3 is 20.5 Å². The zero-order valence-electron chi connectivity index (χ0n) is 26.0. The van der Waals surface area contributed by atoms with Gasteiger partial charge in [0.1, 0.15) is 6.10 Å². The van der Waals surface area contributed by atoms with E-state index in [1.54, 1.807) is 6.08 Å². The minimum absolute atomic E-state index is 0.0574. The number of carbonyl (C=O) groups is 3. The van der Waals surface area contributed by atoms with Gasteiger partial charge in [0.2, 0.25) is 11.8 Å². The van der Waals surface area contributed by atoms with E-state index >= 15 is 0 Å². The molecule has 2 amide bonds. The van der Waals surface area contributed by atoms with Crippen molar-refractivity contribution >= 4 is 17.8 Å². The fourth-order valence-corrected chi connectivity index (χ4v) is 5.23. The molecule has 3 aromatic carbocycles. The Morgan fingerprint density at radius 2 is 1.40 bits per heavy atom. The van der Waals surface area contributed by atoms with E-state index < -0.39 is 18.1 Å². The second-order valence-electron chi connectivity index (χ2n) is 11.2. The van der Waals surface area contributed by atoms with E-state index in [1.807, 2.05) is 97.1 Å². The molecule has 238 valence electrons. The van der Waals surface area contributed by atoms with Crippen LogP contribution in [-0.2, 0) is 32.0 Å². The molecule has 0 unspecified atom stereocenters. The maximum Gasteiger partial charge on any atom is 0.309 e. The Morgan fingerprint density at radius 1 is 0.800 bits per heavy atom. The van der Waals surface area contributed by atoms with Crippen molar-refractivity contribution in [2.75, 3.05) is 13.2 Å². The first-order valence-corrected chi connectivity index (χ1v) is 15.7. The van der Waals surface area contributed by atoms with Crippen molar-refractivity contribution in [2.24, 2.45) is 11.8 Å².